The highest BCUT2D eigenvalue weighted by molar-refractivity contribution is 7.13. The number of rotatable bonds is 7. The Balaban J connectivity index is 2.09. The number of hydrazone groups is 1. The molecule has 2 rings (SSSR count). The van der Waals surface area contributed by atoms with E-state index in [0.29, 0.717) is 10.8 Å². The van der Waals surface area contributed by atoms with Crippen LogP contribution in [-0.4, -0.2) is 30.9 Å². The second-order valence-corrected chi connectivity index (χ2v) is 6.34. The Labute approximate surface area is 162 Å². The lowest BCUT2D eigenvalue weighted by atomic mass is 10.1. The smallest absolute Gasteiger partial charge is 0.420 e. The van der Waals surface area contributed by atoms with Crippen LogP contribution in [0, 0.1) is 0 Å². The van der Waals surface area contributed by atoms with E-state index in [0.717, 1.165) is 13.2 Å². The fourth-order valence-corrected chi connectivity index (χ4v) is 3.03. The number of anilines is 1. The Kier molecular flexibility index (Phi) is 7.03. The quantitative estimate of drug-likeness (QED) is 0.408. The zero-order chi connectivity index (χ0) is 20.0. The van der Waals surface area contributed by atoms with Crippen LogP contribution in [0.1, 0.15) is 23.7 Å². The lowest BCUT2D eigenvalue weighted by Crippen LogP contribution is -2.09. The van der Waals surface area contributed by atoms with Crippen molar-refractivity contribution in [3.63, 3.8) is 0 Å². The summed E-state index contributed by atoms with van der Waals surface area (Å²) in [5.41, 5.74) is 2.23. The summed E-state index contributed by atoms with van der Waals surface area (Å²) < 4.78 is 48.8. The van der Waals surface area contributed by atoms with Gasteiger partial charge in [-0.1, -0.05) is 11.6 Å². The molecule has 1 heterocycles. The van der Waals surface area contributed by atoms with E-state index in [1.165, 1.54) is 23.6 Å². The van der Waals surface area contributed by atoms with E-state index in [4.69, 9.17) is 21.1 Å². The first-order chi connectivity index (χ1) is 12.7. The molecule has 27 heavy (non-hydrogen) atoms. The van der Waals surface area contributed by atoms with Crippen LogP contribution in [0.2, 0.25) is 5.02 Å². The number of thiazole rings is 1. The Morgan fingerprint density at radius 1 is 1.44 bits per heavy atom. The summed E-state index contributed by atoms with van der Waals surface area (Å²) in [5, 5.41) is 5.70. The second-order valence-electron chi connectivity index (χ2n) is 5.08. The molecule has 0 spiro atoms. The molecule has 1 aromatic carbocycles. The minimum Gasteiger partial charge on any atom is -0.495 e. The van der Waals surface area contributed by atoms with Gasteiger partial charge >= 0.3 is 12.1 Å². The zero-order valence-corrected chi connectivity index (χ0v) is 15.8. The number of carbonyl (C=O) groups excluding carboxylic acids is 1. The average Bonchev–Trinajstić information content (AvgIpc) is 3.01. The van der Waals surface area contributed by atoms with Gasteiger partial charge in [0.15, 0.2) is 0 Å². The highest BCUT2D eigenvalue weighted by atomic mass is 35.5. The van der Waals surface area contributed by atoms with Crippen molar-refractivity contribution < 1.29 is 27.4 Å². The third-order valence-corrected chi connectivity index (χ3v) is 4.21. The van der Waals surface area contributed by atoms with E-state index in [-0.39, 0.29) is 23.6 Å². The van der Waals surface area contributed by atoms with Gasteiger partial charge in [0.1, 0.15) is 5.75 Å². The summed E-state index contributed by atoms with van der Waals surface area (Å²) in [5.74, 6) is -0.844. The number of esters is 1. The van der Waals surface area contributed by atoms with Crippen molar-refractivity contribution in [2.75, 3.05) is 19.1 Å². The number of alkyl halides is 3. The predicted octanol–water partition coefficient (Wildman–Crippen LogP) is 4.38. The summed E-state index contributed by atoms with van der Waals surface area (Å²) in [6, 6.07) is 2.18. The van der Waals surface area contributed by atoms with Gasteiger partial charge < -0.3 is 9.47 Å². The van der Waals surface area contributed by atoms with Crippen LogP contribution in [0.4, 0.5) is 18.3 Å². The van der Waals surface area contributed by atoms with Crippen LogP contribution < -0.4 is 10.2 Å². The molecular weight excluding hydrogens is 407 g/mol. The summed E-state index contributed by atoms with van der Waals surface area (Å²) in [4.78, 5) is 15.5. The van der Waals surface area contributed by atoms with Crippen molar-refractivity contribution >= 4 is 40.3 Å². The highest BCUT2D eigenvalue weighted by Gasteiger charge is 2.35. The summed E-state index contributed by atoms with van der Waals surface area (Å²) in [6.07, 6.45) is -3.42. The SMILES string of the molecule is CCOC(=O)Cc1csc(NN=Cc2cc(Cl)c(OC)c(C(F)(F)F)c2)n1. The van der Waals surface area contributed by atoms with Gasteiger partial charge in [0.2, 0.25) is 5.13 Å². The van der Waals surface area contributed by atoms with E-state index < -0.39 is 23.5 Å². The fraction of sp³-hybridized carbons (Fsp3) is 0.312. The standard InChI is InChI=1S/C16H15ClF3N3O3S/c1-3-26-13(24)6-10-8-27-15(22-10)23-21-7-9-4-11(16(18,19)20)14(25-2)12(17)5-9/h4-5,7-8H,3,6H2,1-2H3,(H,22,23). The molecule has 2 aromatic rings. The number of hydrogen-bond donors (Lipinski definition) is 1. The number of nitrogens with zero attached hydrogens (tertiary/aromatic N) is 2. The molecule has 1 N–H and O–H groups in total. The van der Waals surface area contributed by atoms with Crippen LogP contribution in [0.25, 0.3) is 0 Å². The van der Waals surface area contributed by atoms with Gasteiger partial charge in [0.05, 0.1) is 42.6 Å². The highest BCUT2D eigenvalue weighted by Crippen LogP contribution is 2.40. The maximum absolute atomic E-state index is 13.1. The monoisotopic (exact) mass is 421 g/mol. The fourth-order valence-electron chi connectivity index (χ4n) is 2.07. The summed E-state index contributed by atoms with van der Waals surface area (Å²) >= 11 is 7.04. The third-order valence-electron chi connectivity index (χ3n) is 3.13. The Hall–Kier alpha value is -2.33. The van der Waals surface area contributed by atoms with Crippen molar-refractivity contribution in [2.24, 2.45) is 5.10 Å². The van der Waals surface area contributed by atoms with Gasteiger partial charge in [-0.2, -0.15) is 18.3 Å². The topological polar surface area (TPSA) is 72.8 Å². The first kappa shape index (κ1) is 21.0. The molecule has 0 amide bonds. The van der Waals surface area contributed by atoms with E-state index in [2.05, 4.69) is 15.5 Å². The van der Waals surface area contributed by atoms with Crippen molar-refractivity contribution in [3.8, 4) is 5.75 Å². The lowest BCUT2D eigenvalue weighted by Gasteiger charge is -2.14. The van der Waals surface area contributed by atoms with E-state index >= 15 is 0 Å². The molecule has 146 valence electrons. The molecule has 0 atom stereocenters. The maximum atomic E-state index is 13.1. The number of nitrogens with one attached hydrogen (secondary N) is 1. The largest absolute Gasteiger partial charge is 0.495 e. The number of ether oxygens (including phenoxy) is 2. The molecule has 0 radical (unpaired) electrons. The molecule has 0 fully saturated rings. The number of methoxy groups -OCH3 is 1. The normalized spacial score (nSPS) is 11.6. The predicted molar refractivity (Wildman–Crippen MR) is 96.7 cm³/mol. The van der Waals surface area contributed by atoms with Crippen molar-refractivity contribution in [3.05, 3.63) is 39.4 Å². The summed E-state index contributed by atoms with van der Waals surface area (Å²) in [6.45, 7) is 1.99. The Bertz CT molecular complexity index is 840. The molecule has 1 aromatic heterocycles. The number of hydrogen-bond acceptors (Lipinski definition) is 7. The Morgan fingerprint density at radius 2 is 2.19 bits per heavy atom. The van der Waals surface area contributed by atoms with Gasteiger partial charge in [-0.3, -0.25) is 10.2 Å². The van der Waals surface area contributed by atoms with E-state index in [1.54, 1.807) is 12.3 Å². The molecule has 0 aliphatic carbocycles. The number of halogens is 4. The van der Waals surface area contributed by atoms with Gasteiger partial charge in [-0.15, -0.1) is 11.3 Å². The van der Waals surface area contributed by atoms with E-state index in [9.17, 15) is 18.0 Å². The number of aromatic nitrogens is 1. The summed E-state index contributed by atoms with van der Waals surface area (Å²) in [7, 11) is 1.11. The van der Waals surface area contributed by atoms with Crippen LogP contribution in [0.15, 0.2) is 22.6 Å². The third kappa shape index (κ3) is 5.83. The maximum Gasteiger partial charge on any atom is 0.420 e. The molecule has 6 nitrogen and oxygen atoms in total. The van der Waals surface area contributed by atoms with Crippen LogP contribution >= 0.6 is 22.9 Å². The van der Waals surface area contributed by atoms with Crippen molar-refractivity contribution in [1.29, 1.82) is 0 Å². The van der Waals surface area contributed by atoms with Crippen LogP contribution in [-0.2, 0) is 22.1 Å². The molecule has 0 unspecified atom stereocenters. The molecule has 11 heteroatoms. The number of carbonyl (C=O) groups is 1. The van der Waals surface area contributed by atoms with Crippen LogP contribution in [0.5, 0.6) is 5.75 Å². The molecule has 0 bridgehead atoms. The number of benzene rings is 1. The molecular formula is C16H15ClF3N3O3S. The lowest BCUT2D eigenvalue weighted by molar-refractivity contribution is -0.142. The average molecular weight is 422 g/mol. The Morgan fingerprint density at radius 3 is 2.81 bits per heavy atom. The van der Waals surface area contributed by atoms with E-state index in [1.807, 2.05) is 0 Å². The van der Waals surface area contributed by atoms with Crippen LogP contribution in [0.3, 0.4) is 0 Å². The second kappa shape index (κ2) is 9.05. The minimum atomic E-state index is -4.62. The van der Waals surface area contributed by atoms with Gasteiger partial charge in [-0.25, -0.2) is 4.98 Å². The molecule has 0 saturated heterocycles. The van der Waals surface area contributed by atoms with Crippen molar-refractivity contribution in [1.82, 2.24) is 4.98 Å². The van der Waals surface area contributed by atoms with Gasteiger partial charge in [-0.05, 0) is 24.6 Å². The van der Waals surface area contributed by atoms with Crippen molar-refractivity contribution in [2.45, 2.75) is 19.5 Å². The minimum absolute atomic E-state index is 0.0266. The van der Waals surface area contributed by atoms with Gasteiger partial charge in [0, 0.05) is 5.38 Å². The molecule has 0 saturated carbocycles. The molecule has 0 aliphatic heterocycles. The first-order valence-corrected chi connectivity index (χ1v) is 8.84. The molecule has 0 aliphatic rings. The first-order valence-electron chi connectivity index (χ1n) is 7.58. The van der Waals surface area contributed by atoms with Gasteiger partial charge in [0.25, 0.3) is 0 Å². The zero-order valence-electron chi connectivity index (χ0n) is 14.3.